The molecule has 1 aliphatic carbocycles. The van der Waals surface area contributed by atoms with Gasteiger partial charge in [-0.3, -0.25) is 5.01 Å². The van der Waals surface area contributed by atoms with Gasteiger partial charge < -0.3 is 5.43 Å². The minimum Gasteiger partial charge on any atom is -0.306 e. The van der Waals surface area contributed by atoms with Crippen molar-refractivity contribution in [2.75, 3.05) is 6.54 Å². The van der Waals surface area contributed by atoms with Gasteiger partial charge >= 0.3 is 0 Å². The molecule has 2 N–H and O–H groups in total. The van der Waals surface area contributed by atoms with Crippen LogP contribution >= 0.6 is 0 Å². The van der Waals surface area contributed by atoms with Crippen LogP contribution in [0.5, 0.6) is 0 Å². The normalized spacial score (nSPS) is 23.5. The maximum atomic E-state index is 3.18. The second-order valence-corrected chi connectivity index (χ2v) is 2.76. The fourth-order valence-electron chi connectivity index (χ4n) is 1.63. The average molecular weight is 139 g/mol. The van der Waals surface area contributed by atoms with Crippen LogP contribution in [0.1, 0.15) is 26.2 Å². The van der Waals surface area contributed by atoms with Gasteiger partial charge in [-0.25, -0.2) is 0 Å². The molecule has 0 atom stereocenters. The van der Waals surface area contributed by atoms with Crippen molar-refractivity contribution in [3.8, 4) is 0 Å². The zero-order chi connectivity index (χ0) is 6.97. The molecular weight excluding hydrogens is 126 g/mol. The summed E-state index contributed by atoms with van der Waals surface area (Å²) in [7, 11) is 0. The van der Waals surface area contributed by atoms with Gasteiger partial charge in [0.1, 0.15) is 0 Å². The summed E-state index contributed by atoms with van der Waals surface area (Å²) in [5, 5.41) is 2.18. The Kier molecular flexibility index (Phi) is 1.31. The fourth-order valence-corrected chi connectivity index (χ4v) is 1.63. The maximum absolute atomic E-state index is 3.18. The van der Waals surface area contributed by atoms with E-state index in [4.69, 9.17) is 0 Å². The average Bonchev–Trinajstić information content (AvgIpc) is 2.44. The number of hydrogen-bond donors (Lipinski definition) is 2. The number of nitrogens with zero attached hydrogens (tertiary/aromatic N) is 1. The van der Waals surface area contributed by atoms with Gasteiger partial charge in [0.05, 0.1) is 5.70 Å². The minimum absolute atomic E-state index is 1.05. The van der Waals surface area contributed by atoms with Gasteiger partial charge in [-0.15, -0.1) is 5.53 Å². The molecule has 0 unspecified atom stereocenters. The third-order valence-corrected chi connectivity index (χ3v) is 2.17. The van der Waals surface area contributed by atoms with Gasteiger partial charge in [0.15, 0.2) is 0 Å². The Morgan fingerprint density at radius 2 is 2.40 bits per heavy atom. The third-order valence-electron chi connectivity index (χ3n) is 2.17. The van der Waals surface area contributed by atoms with E-state index in [2.05, 4.69) is 22.9 Å². The number of allylic oxidation sites excluding steroid dienone is 2. The molecule has 56 valence electrons. The molecule has 0 saturated carbocycles. The lowest BCUT2D eigenvalue weighted by atomic mass is 10.3. The Labute approximate surface area is 61.0 Å². The number of rotatable bonds is 1. The summed E-state index contributed by atoms with van der Waals surface area (Å²) < 4.78 is 0. The van der Waals surface area contributed by atoms with E-state index in [1.807, 2.05) is 0 Å². The fraction of sp³-hybridized carbons (Fsp3) is 0.714. The highest BCUT2D eigenvalue weighted by molar-refractivity contribution is 5.18. The third kappa shape index (κ3) is 0.703. The van der Waals surface area contributed by atoms with E-state index in [1.54, 1.807) is 0 Å². The molecule has 0 aromatic rings. The molecular formula is C7H13N3. The zero-order valence-corrected chi connectivity index (χ0v) is 6.28. The first-order chi connectivity index (χ1) is 4.92. The molecule has 0 saturated heterocycles. The van der Waals surface area contributed by atoms with Gasteiger partial charge in [-0.1, -0.05) is 0 Å². The van der Waals surface area contributed by atoms with Crippen LogP contribution < -0.4 is 11.0 Å². The molecule has 0 amide bonds. The molecule has 3 nitrogen and oxygen atoms in total. The summed E-state index contributed by atoms with van der Waals surface area (Å²) >= 11 is 0. The number of nitrogens with one attached hydrogen (secondary N) is 2. The Morgan fingerprint density at radius 3 is 3.20 bits per heavy atom. The van der Waals surface area contributed by atoms with E-state index < -0.39 is 0 Å². The number of hydrazine groups is 2. The van der Waals surface area contributed by atoms with Crippen LogP contribution in [0.2, 0.25) is 0 Å². The van der Waals surface area contributed by atoms with Gasteiger partial charge in [0.25, 0.3) is 0 Å². The molecule has 0 radical (unpaired) electrons. The quantitative estimate of drug-likeness (QED) is 0.560. The van der Waals surface area contributed by atoms with E-state index in [0.717, 1.165) is 6.54 Å². The predicted molar refractivity (Wildman–Crippen MR) is 39.5 cm³/mol. The van der Waals surface area contributed by atoms with Crippen LogP contribution in [0.4, 0.5) is 0 Å². The molecule has 1 aliphatic heterocycles. The Bertz CT molecular complexity index is 174. The molecule has 1 heterocycles. The smallest absolute Gasteiger partial charge is 0.0515 e. The zero-order valence-electron chi connectivity index (χ0n) is 6.28. The lowest BCUT2D eigenvalue weighted by Crippen LogP contribution is -2.38. The van der Waals surface area contributed by atoms with Crippen molar-refractivity contribution in [1.29, 1.82) is 0 Å². The van der Waals surface area contributed by atoms with Crippen molar-refractivity contribution < 1.29 is 0 Å². The Balaban J connectivity index is 2.15. The van der Waals surface area contributed by atoms with Crippen LogP contribution in [0.15, 0.2) is 11.4 Å². The van der Waals surface area contributed by atoms with Gasteiger partial charge in [0.2, 0.25) is 0 Å². The Hall–Kier alpha value is -0.700. The first kappa shape index (κ1) is 6.04. The molecule has 0 spiro atoms. The van der Waals surface area contributed by atoms with Crippen LogP contribution in [0, 0.1) is 0 Å². The molecule has 2 rings (SSSR count). The predicted octanol–water partition coefficient (Wildman–Crippen LogP) is 0.727. The van der Waals surface area contributed by atoms with E-state index in [1.165, 1.54) is 30.7 Å². The van der Waals surface area contributed by atoms with Crippen LogP contribution in [0.3, 0.4) is 0 Å². The topological polar surface area (TPSA) is 27.3 Å². The maximum Gasteiger partial charge on any atom is 0.0515 e. The second kappa shape index (κ2) is 2.16. The summed E-state index contributed by atoms with van der Waals surface area (Å²) in [4.78, 5) is 0. The minimum atomic E-state index is 1.05. The monoisotopic (exact) mass is 139 g/mol. The highest BCUT2D eigenvalue weighted by Gasteiger charge is 2.24. The largest absolute Gasteiger partial charge is 0.306 e. The number of hydrogen-bond acceptors (Lipinski definition) is 3. The van der Waals surface area contributed by atoms with Gasteiger partial charge in [-0.05, 0) is 26.2 Å². The summed E-state index contributed by atoms with van der Waals surface area (Å²) in [6.07, 6.45) is 3.78. The van der Waals surface area contributed by atoms with Crippen molar-refractivity contribution in [3.05, 3.63) is 11.4 Å². The first-order valence-electron chi connectivity index (χ1n) is 3.93. The van der Waals surface area contributed by atoms with Crippen LogP contribution in [-0.4, -0.2) is 11.6 Å². The highest BCUT2D eigenvalue weighted by Crippen LogP contribution is 2.28. The molecule has 3 heteroatoms. The summed E-state index contributed by atoms with van der Waals surface area (Å²) in [5.74, 6) is 0. The lowest BCUT2D eigenvalue weighted by molar-refractivity contribution is 0.252. The van der Waals surface area contributed by atoms with Crippen molar-refractivity contribution in [3.63, 3.8) is 0 Å². The highest BCUT2D eigenvalue weighted by atomic mass is 15.7. The van der Waals surface area contributed by atoms with Gasteiger partial charge in [0, 0.05) is 12.2 Å². The molecule has 0 fully saturated rings. The molecule has 10 heavy (non-hydrogen) atoms. The Morgan fingerprint density at radius 1 is 1.50 bits per heavy atom. The SMILES string of the molecule is CCN1NNC2=C1CCC2. The van der Waals surface area contributed by atoms with Crippen molar-refractivity contribution in [2.45, 2.75) is 26.2 Å². The van der Waals surface area contributed by atoms with Crippen molar-refractivity contribution >= 4 is 0 Å². The van der Waals surface area contributed by atoms with Gasteiger partial charge in [-0.2, -0.15) is 0 Å². The van der Waals surface area contributed by atoms with Crippen molar-refractivity contribution in [1.82, 2.24) is 16.0 Å². The summed E-state index contributed by atoms with van der Waals surface area (Å²) in [5.41, 5.74) is 9.17. The van der Waals surface area contributed by atoms with E-state index in [0.29, 0.717) is 0 Å². The molecule has 2 aliphatic rings. The molecule has 0 aromatic carbocycles. The van der Waals surface area contributed by atoms with E-state index >= 15 is 0 Å². The second-order valence-electron chi connectivity index (χ2n) is 2.76. The van der Waals surface area contributed by atoms with Crippen LogP contribution in [0.25, 0.3) is 0 Å². The summed E-state index contributed by atoms with van der Waals surface area (Å²) in [6, 6.07) is 0. The van der Waals surface area contributed by atoms with Crippen LogP contribution in [-0.2, 0) is 0 Å². The summed E-state index contributed by atoms with van der Waals surface area (Å²) in [6.45, 7) is 3.20. The standard InChI is InChI=1S/C7H13N3/c1-2-10-7-5-3-4-6(7)8-9-10/h8-9H,2-5H2,1H3. The lowest BCUT2D eigenvalue weighted by Gasteiger charge is -2.17. The van der Waals surface area contributed by atoms with Crippen molar-refractivity contribution in [2.24, 2.45) is 0 Å². The van der Waals surface area contributed by atoms with E-state index in [-0.39, 0.29) is 0 Å². The molecule has 0 bridgehead atoms. The first-order valence-corrected chi connectivity index (χ1v) is 3.93. The van der Waals surface area contributed by atoms with E-state index in [9.17, 15) is 0 Å². The molecule has 0 aromatic heterocycles.